The van der Waals surface area contributed by atoms with E-state index in [1.165, 1.54) is 18.4 Å². The maximum absolute atomic E-state index is 12.9. The number of anilines is 1. The Labute approximate surface area is 144 Å². The Balaban J connectivity index is 1.77. The van der Waals surface area contributed by atoms with Gasteiger partial charge in [-0.15, -0.1) is 0 Å². The molecule has 0 spiro atoms. The average Bonchev–Trinajstić information content (AvgIpc) is 2.79. The summed E-state index contributed by atoms with van der Waals surface area (Å²) >= 11 is 0. The highest BCUT2D eigenvalue weighted by Gasteiger charge is 2.38. The third-order valence-electron chi connectivity index (χ3n) is 5.36. The van der Waals surface area contributed by atoms with E-state index in [9.17, 15) is 9.59 Å². The summed E-state index contributed by atoms with van der Waals surface area (Å²) in [5.41, 5.74) is 3.33. The van der Waals surface area contributed by atoms with Gasteiger partial charge in [0.1, 0.15) is 0 Å². The fourth-order valence-corrected chi connectivity index (χ4v) is 4.03. The summed E-state index contributed by atoms with van der Waals surface area (Å²) < 4.78 is 0. The van der Waals surface area contributed by atoms with Gasteiger partial charge in [-0.05, 0) is 37.3 Å². The quantitative estimate of drug-likeness (QED) is 0.854. The lowest BCUT2D eigenvalue weighted by molar-refractivity contribution is -0.135. The first kappa shape index (κ1) is 17.0. The van der Waals surface area contributed by atoms with Gasteiger partial charge < -0.3 is 9.80 Å². The van der Waals surface area contributed by atoms with E-state index < -0.39 is 0 Å². The van der Waals surface area contributed by atoms with Gasteiger partial charge in [0.05, 0.1) is 5.92 Å². The van der Waals surface area contributed by atoms with Crippen LogP contribution in [0.5, 0.6) is 0 Å². The SMILES string of the molecule is CCc1cccc(C)c1N1CC(C(=O)N2CCCCCC2)CC1=O. The molecule has 1 atom stereocenters. The number of aryl methyl sites for hydroxylation is 2. The molecule has 2 fully saturated rings. The van der Waals surface area contributed by atoms with Crippen LogP contribution in [0.1, 0.15) is 50.2 Å². The molecular weight excluding hydrogens is 300 g/mol. The molecule has 0 N–H and O–H groups in total. The lowest BCUT2D eigenvalue weighted by Crippen LogP contribution is -2.38. The summed E-state index contributed by atoms with van der Waals surface area (Å²) in [4.78, 5) is 29.3. The Bertz CT molecular complexity index is 618. The molecule has 2 amide bonds. The van der Waals surface area contributed by atoms with E-state index in [-0.39, 0.29) is 17.7 Å². The van der Waals surface area contributed by atoms with Gasteiger partial charge in [0.2, 0.25) is 11.8 Å². The van der Waals surface area contributed by atoms with E-state index in [2.05, 4.69) is 13.0 Å². The highest BCUT2D eigenvalue weighted by atomic mass is 16.2. The van der Waals surface area contributed by atoms with Crippen molar-refractivity contribution < 1.29 is 9.59 Å². The minimum atomic E-state index is -0.181. The van der Waals surface area contributed by atoms with Crippen LogP contribution in [0.4, 0.5) is 5.69 Å². The van der Waals surface area contributed by atoms with Crippen LogP contribution in [0.15, 0.2) is 18.2 Å². The molecule has 1 aromatic carbocycles. The zero-order chi connectivity index (χ0) is 17.1. The standard InChI is InChI=1S/C20H28N2O2/c1-3-16-10-8-9-15(2)19(16)22-14-17(13-18(22)23)20(24)21-11-6-4-5-7-12-21/h8-10,17H,3-7,11-14H2,1-2H3. The first-order valence-electron chi connectivity index (χ1n) is 9.29. The number of rotatable bonds is 3. The molecule has 0 aliphatic carbocycles. The third-order valence-corrected chi connectivity index (χ3v) is 5.36. The Morgan fingerprint density at radius 1 is 1.17 bits per heavy atom. The van der Waals surface area contributed by atoms with Crippen LogP contribution in [-0.2, 0) is 16.0 Å². The van der Waals surface area contributed by atoms with Gasteiger partial charge in [-0.1, -0.05) is 38.0 Å². The van der Waals surface area contributed by atoms with Crippen molar-refractivity contribution in [3.63, 3.8) is 0 Å². The number of benzene rings is 1. The number of amides is 2. The zero-order valence-electron chi connectivity index (χ0n) is 14.9. The highest BCUT2D eigenvalue weighted by Crippen LogP contribution is 2.32. The summed E-state index contributed by atoms with van der Waals surface area (Å²) in [5, 5.41) is 0. The number of nitrogens with zero attached hydrogens (tertiary/aromatic N) is 2. The molecule has 2 aliphatic heterocycles. The number of para-hydroxylation sites is 1. The lowest BCUT2D eigenvalue weighted by atomic mass is 10.0. The fourth-order valence-electron chi connectivity index (χ4n) is 4.03. The molecule has 4 heteroatoms. The summed E-state index contributed by atoms with van der Waals surface area (Å²) in [6, 6.07) is 6.17. The second-order valence-electron chi connectivity index (χ2n) is 7.08. The van der Waals surface area contributed by atoms with Crippen LogP contribution >= 0.6 is 0 Å². The highest BCUT2D eigenvalue weighted by molar-refractivity contribution is 6.01. The molecule has 3 rings (SSSR count). The molecule has 24 heavy (non-hydrogen) atoms. The monoisotopic (exact) mass is 328 g/mol. The summed E-state index contributed by atoms with van der Waals surface area (Å²) in [6.07, 6.45) is 5.85. The molecule has 0 bridgehead atoms. The molecule has 1 unspecified atom stereocenters. The smallest absolute Gasteiger partial charge is 0.228 e. The first-order chi connectivity index (χ1) is 11.6. The normalized spacial score (nSPS) is 21.9. The van der Waals surface area contributed by atoms with Crippen molar-refractivity contribution in [2.24, 2.45) is 5.92 Å². The van der Waals surface area contributed by atoms with Crippen molar-refractivity contribution in [3.05, 3.63) is 29.3 Å². The number of hydrogen-bond donors (Lipinski definition) is 0. The van der Waals surface area contributed by atoms with Crippen LogP contribution in [0.2, 0.25) is 0 Å². The topological polar surface area (TPSA) is 40.6 Å². The molecule has 0 saturated carbocycles. The van der Waals surface area contributed by atoms with Crippen LogP contribution in [0.3, 0.4) is 0 Å². The summed E-state index contributed by atoms with van der Waals surface area (Å²) in [6.45, 7) is 6.40. The Kier molecular flexibility index (Phi) is 5.22. The molecule has 1 aromatic rings. The van der Waals surface area contributed by atoms with Crippen molar-refractivity contribution >= 4 is 17.5 Å². The van der Waals surface area contributed by atoms with E-state index in [1.54, 1.807) is 0 Å². The van der Waals surface area contributed by atoms with Gasteiger partial charge in [0.25, 0.3) is 0 Å². The van der Waals surface area contributed by atoms with Crippen LogP contribution in [0, 0.1) is 12.8 Å². The molecule has 0 aromatic heterocycles. The molecule has 2 saturated heterocycles. The maximum atomic E-state index is 12.9. The van der Waals surface area contributed by atoms with Gasteiger partial charge in [0.15, 0.2) is 0 Å². The zero-order valence-corrected chi connectivity index (χ0v) is 14.9. The van der Waals surface area contributed by atoms with Crippen molar-refractivity contribution in [1.82, 2.24) is 4.90 Å². The summed E-state index contributed by atoms with van der Waals surface area (Å²) in [7, 11) is 0. The summed E-state index contributed by atoms with van der Waals surface area (Å²) in [5.74, 6) is 0.0893. The van der Waals surface area contributed by atoms with Gasteiger partial charge in [-0.3, -0.25) is 9.59 Å². The number of hydrogen-bond acceptors (Lipinski definition) is 2. The number of likely N-dealkylation sites (tertiary alicyclic amines) is 1. The van der Waals surface area contributed by atoms with Crippen molar-refractivity contribution in [1.29, 1.82) is 0 Å². The second kappa shape index (κ2) is 7.37. The number of carbonyl (C=O) groups excluding carboxylic acids is 2. The van der Waals surface area contributed by atoms with E-state index >= 15 is 0 Å². The van der Waals surface area contributed by atoms with Gasteiger partial charge in [0, 0.05) is 31.7 Å². The fraction of sp³-hybridized carbons (Fsp3) is 0.600. The van der Waals surface area contributed by atoms with Crippen molar-refractivity contribution in [2.75, 3.05) is 24.5 Å². The largest absolute Gasteiger partial charge is 0.342 e. The first-order valence-corrected chi connectivity index (χ1v) is 9.29. The Hall–Kier alpha value is -1.84. The molecular formula is C20H28N2O2. The predicted molar refractivity (Wildman–Crippen MR) is 96.1 cm³/mol. The molecule has 4 nitrogen and oxygen atoms in total. The van der Waals surface area contributed by atoms with Crippen molar-refractivity contribution in [3.8, 4) is 0 Å². The Morgan fingerprint density at radius 3 is 2.54 bits per heavy atom. The van der Waals surface area contributed by atoms with Crippen LogP contribution in [-0.4, -0.2) is 36.3 Å². The number of carbonyl (C=O) groups is 2. The van der Waals surface area contributed by atoms with E-state index in [0.29, 0.717) is 13.0 Å². The molecule has 2 aliphatic rings. The maximum Gasteiger partial charge on any atom is 0.228 e. The van der Waals surface area contributed by atoms with Crippen LogP contribution in [0.25, 0.3) is 0 Å². The lowest BCUT2D eigenvalue weighted by Gasteiger charge is -2.25. The molecule has 0 radical (unpaired) electrons. The minimum Gasteiger partial charge on any atom is -0.342 e. The van der Waals surface area contributed by atoms with Crippen LogP contribution < -0.4 is 4.90 Å². The third kappa shape index (κ3) is 3.33. The Morgan fingerprint density at radius 2 is 1.88 bits per heavy atom. The van der Waals surface area contributed by atoms with E-state index in [1.807, 2.05) is 28.9 Å². The van der Waals surface area contributed by atoms with E-state index in [0.717, 1.165) is 43.6 Å². The van der Waals surface area contributed by atoms with Gasteiger partial charge in [-0.25, -0.2) is 0 Å². The van der Waals surface area contributed by atoms with E-state index in [4.69, 9.17) is 0 Å². The van der Waals surface area contributed by atoms with Crippen molar-refractivity contribution in [2.45, 2.75) is 52.4 Å². The average molecular weight is 328 g/mol. The molecule has 2 heterocycles. The van der Waals surface area contributed by atoms with Gasteiger partial charge in [-0.2, -0.15) is 0 Å². The minimum absolute atomic E-state index is 0.0900. The molecule has 130 valence electrons. The second-order valence-corrected chi connectivity index (χ2v) is 7.08. The predicted octanol–water partition coefficient (Wildman–Crippen LogP) is 3.31. The van der Waals surface area contributed by atoms with Gasteiger partial charge >= 0.3 is 0 Å².